The van der Waals surface area contributed by atoms with Crippen molar-refractivity contribution in [3.8, 4) is 0 Å². The third kappa shape index (κ3) is 2.55. The van der Waals surface area contributed by atoms with Crippen LogP contribution in [0.4, 0.5) is 0 Å². The molecular formula is C11H18N2S. The molecule has 1 heterocycles. The third-order valence-corrected chi connectivity index (χ3v) is 4.00. The van der Waals surface area contributed by atoms with Gasteiger partial charge in [0, 0.05) is 17.6 Å². The van der Waals surface area contributed by atoms with E-state index >= 15 is 0 Å². The SMILES string of the molecule is CCc1ncc(CNCC2CCC2)s1. The van der Waals surface area contributed by atoms with E-state index in [4.69, 9.17) is 0 Å². The molecule has 0 aromatic carbocycles. The van der Waals surface area contributed by atoms with Gasteiger partial charge in [0.15, 0.2) is 0 Å². The number of aryl methyl sites for hydroxylation is 1. The Balaban J connectivity index is 1.68. The summed E-state index contributed by atoms with van der Waals surface area (Å²) in [7, 11) is 0. The van der Waals surface area contributed by atoms with Crippen molar-refractivity contribution in [2.24, 2.45) is 5.92 Å². The van der Waals surface area contributed by atoms with Crippen molar-refractivity contribution in [3.05, 3.63) is 16.1 Å². The lowest BCUT2D eigenvalue weighted by molar-refractivity contribution is 0.301. The van der Waals surface area contributed by atoms with Crippen molar-refractivity contribution in [1.29, 1.82) is 0 Å². The minimum Gasteiger partial charge on any atom is -0.312 e. The zero-order valence-corrected chi connectivity index (χ0v) is 9.57. The van der Waals surface area contributed by atoms with Crippen LogP contribution in [0, 0.1) is 5.92 Å². The minimum atomic E-state index is 0.952. The molecule has 0 radical (unpaired) electrons. The van der Waals surface area contributed by atoms with Crippen molar-refractivity contribution >= 4 is 11.3 Å². The van der Waals surface area contributed by atoms with Crippen molar-refractivity contribution in [2.45, 2.75) is 39.2 Å². The molecular weight excluding hydrogens is 192 g/mol. The molecule has 0 saturated heterocycles. The number of nitrogens with one attached hydrogen (secondary N) is 1. The molecule has 1 aromatic heterocycles. The molecule has 0 atom stereocenters. The molecule has 0 bridgehead atoms. The van der Waals surface area contributed by atoms with E-state index in [-0.39, 0.29) is 0 Å². The summed E-state index contributed by atoms with van der Waals surface area (Å²) in [5.74, 6) is 0.952. The van der Waals surface area contributed by atoms with Crippen molar-refractivity contribution in [1.82, 2.24) is 10.3 Å². The molecule has 14 heavy (non-hydrogen) atoms. The van der Waals surface area contributed by atoms with E-state index < -0.39 is 0 Å². The molecule has 2 rings (SSSR count). The first kappa shape index (κ1) is 10.1. The molecule has 0 aliphatic heterocycles. The van der Waals surface area contributed by atoms with Gasteiger partial charge in [-0.05, 0) is 31.7 Å². The van der Waals surface area contributed by atoms with Crippen LogP contribution in [-0.4, -0.2) is 11.5 Å². The average molecular weight is 210 g/mol. The topological polar surface area (TPSA) is 24.9 Å². The molecule has 1 N–H and O–H groups in total. The second-order valence-corrected chi connectivity index (χ2v) is 5.20. The second-order valence-electron chi connectivity index (χ2n) is 4.00. The quantitative estimate of drug-likeness (QED) is 0.808. The van der Waals surface area contributed by atoms with Crippen LogP contribution in [0.15, 0.2) is 6.20 Å². The van der Waals surface area contributed by atoms with E-state index in [0.29, 0.717) is 0 Å². The number of nitrogens with zero attached hydrogens (tertiary/aromatic N) is 1. The summed E-state index contributed by atoms with van der Waals surface area (Å²) in [6, 6.07) is 0. The Morgan fingerprint density at radius 1 is 1.57 bits per heavy atom. The normalized spacial score (nSPS) is 16.9. The summed E-state index contributed by atoms with van der Waals surface area (Å²) >= 11 is 1.84. The predicted molar refractivity (Wildman–Crippen MR) is 60.5 cm³/mol. The highest BCUT2D eigenvalue weighted by molar-refractivity contribution is 7.11. The van der Waals surface area contributed by atoms with Gasteiger partial charge in [-0.1, -0.05) is 13.3 Å². The van der Waals surface area contributed by atoms with Crippen LogP contribution in [0.25, 0.3) is 0 Å². The van der Waals surface area contributed by atoms with Crippen molar-refractivity contribution in [2.75, 3.05) is 6.54 Å². The van der Waals surface area contributed by atoms with E-state index in [2.05, 4.69) is 17.2 Å². The molecule has 1 aliphatic rings. The van der Waals surface area contributed by atoms with Crippen LogP contribution in [0.3, 0.4) is 0 Å². The monoisotopic (exact) mass is 210 g/mol. The van der Waals surface area contributed by atoms with E-state index in [9.17, 15) is 0 Å². The van der Waals surface area contributed by atoms with Gasteiger partial charge in [-0.3, -0.25) is 0 Å². The van der Waals surface area contributed by atoms with Crippen LogP contribution < -0.4 is 5.32 Å². The summed E-state index contributed by atoms with van der Waals surface area (Å²) in [5.41, 5.74) is 0. The Kier molecular flexibility index (Phi) is 3.54. The van der Waals surface area contributed by atoms with E-state index in [0.717, 1.165) is 18.9 Å². The van der Waals surface area contributed by atoms with Crippen LogP contribution in [0.2, 0.25) is 0 Å². The number of thiazole rings is 1. The number of rotatable bonds is 5. The maximum Gasteiger partial charge on any atom is 0.0925 e. The molecule has 1 fully saturated rings. The highest BCUT2D eigenvalue weighted by Crippen LogP contribution is 2.25. The summed E-state index contributed by atoms with van der Waals surface area (Å²) < 4.78 is 0. The summed E-state index contributed by atoms with van der Waals surface area (Å²) in [5, 5.41) is 4.77. The Bertz CT molecular complexity index is 279. The lowest BCUT2D eigenvalue weighted by Gasteiger charge is -2.25. The predicted octanol–water partition coefficient (Wildman–Crippen LogP) is 2.60. The average Bonchev–Trinajstić information content (AvgIpc) is 2.57. The Hall–Kier alpha value is -0.410. The van der Waals surface area contributed by atoms with Crippen LogP contribution in [0.1, 0.15) is 36.1 Å². The van der Waals surface area contributed by atoms with Gasteiger partial charge in [-0.25, -0.2) is 4.98 Å². The maximum absolute atomic E-state index is 4.35. The van der Waals surface area contributed by atoms with Gasteiger partial charge in [0.25, 0.3) is 0 Å². The number of hydrogen-bond donors (Lipinski definition) is 1. The van der Waals surface area contributed by atoms with Crippen LogP contribution in [0.5, 0.6) is 0 Å². The van der Waals surface area contributed by atoms with Gasteiger partial charge in [0.1, 0.15) is 0 Å². The lowest BCUT2D eigenvalue weighted by Crippen LogP contribution is -2.26. The fraction of sp³-hybridized carbons (Fsp3) is 0.727. The first-order valence-corrected chi connectivity index (χ1v) is 6.34. The van der Waals surface area contributed by atoms with Crippen molar-refractivity contribution < 1.29 is 0 Å². The lowest BCUT2D eigenvalue weighted by atomic mass is 9.85. The Morgan fingerprint density at radius 2 is 2.43 bits per heavy atom. The largest absolute Gasteiger partial charge is 0.312 e. The first-order valence-electron chi connectivity index (χ1n) is 5.52. The number of aromatic nitrogens is 1. The molecule has 3 heteroatoms. The summed E-state index contributed by atoms with van der Waals surface area (Å²) in [4.78, 5) is 5.72. The van der Waals surface area contributed by atoms with E-state index in [1.165, 1.54) is 35.7 Å². The molecule has 1 aliphatic carbocycles. The van der Waals surface area contributed by atoms with Crippen molar-refractivity contribution in [3.63, 3.8) is 0 Å². The standard InChI is InChI=1S/C11H18N2S/c1-2-11-13-8-10(14-11)7-12-6-9-4-3-5-9/h8-9,12H,2-7H2,1H3. The maximum atomic E-state index is 4.35. The smallest absolute Gasteiger partial charge is 0.0925 e. The summed E-state index contributed by atoms with van der Waals surface area (Å²) in [6.07, 6.45) is 7.36. The van der Waals surface area contributed by atoms with Gasteiger partial charge >= 0.3 is 0 Å². The zero-order chi connectivity index (χ0) is 9.80. The number of hydrogen-bond acceptors (Lipinski definition) is 3. The second kappa shape index (κ2) is 4.89. The molecule has 78 valence electrons. The Labute approximate surface area is 89.8 Å². The third-order valence-electron chi connectivity index (χ3n) is 2.86. The summed E-state index contributed by atoms with van der Waals surface area (Å²) in [6.45, 7) is 4.36. The molecule has 2 nitrogen and oxygen atoms in total. The van der Waals surface area contributed by atoms with Gasteiger partial charge in [0.05, 0.1) is 5.01 Å². The molecule has 1 aromatic rings. The molecule has 0 unspecified atom stereocenters. The first-order chi connectivity index (χ1) is 6.88. The molecule has 1 saturated carbocycles. The van der Waals surface area contributed by atoms with E-state index in [1.807, 2.05) is 17.5 Å². The molecule has 0 spiro atoms. The van der Waals surface area contributed by atoms with Crippen LogP contribution in [-0.2, 0) is 13.0 Å². The fourth-order valence-corrected chi connectivity index (χ4v) is 2.52. The minimum absolute atomic E-state index is 0.952. The zero-order valence-electron chi connectivity index (χ0n) is 8.75. The van der Waals surface area contributed by atoms with Gasteiger partial charge < -0.3 is 5.32 Å². The fourth-order valence-electron chi connectivity index (χ4n) is 1.69. The van der Waals surface area contributed by atoms with Crippen LogP contribution >= 0.6 is 11.3 Å². The van der Waals surface area contributed by atoms with Gasteiger partial charge in [0.2, 0.25) is 0 Å². The molecule has 0 amide bonds. The van der Waals surface area contributed by atoms with E-state index in [1.54, 1.807) is 0 Å². The Morgan fingerprint density at radius 3 is 3.00 bits per heavy atom. The highest BCUT2D eigenvalue weighted by atomic mass is 32.1. The van der Waals surface area contributed by atoms with Gasteiger partial charge in [-0.15, -0.1) is 11.3 Å². The highest BCUT2D eigenvalue weighted by Gasteiger charge is 2.16. The van der Waals surface area contributed by atoms with Gasteiger partial charge in [-0.2, -0.15) is 0 Å².